The molecule has 0 aliphatic rings. The molecule has 0 aliphatic carbocycles. The number of methoxy groups -OCH3 is 4. The summed E-state index contributed by atoms with van der Waals surface area (Å²) >= 11 is 0. The van der Waals surface area contributed by atoms with Crippen LogP contribution in [0, 0.1) is 0 Å². The maximum Gasteiger partial charge on any atom is 2.00 e. The fourth-order valence-electron chi connectivity index (χ4n) is 3.33. The first-order valence-electron chi connectivity index (χ1n) is 10.2. The molecule has 0 atom stereocenters. The number of hydrogen-bond acceptors (Lipinski definition) is 4. The molecule has 0 heterocycles. The van der Waals surface area contributed by atoms with Crippen LogP contribution in [0.1, 0.15) is 16.7 Å². The van der Waals surface area contributed by atoms with Crippen molar-refractivity contribution >= 4 is 11.6 Å². The average Bonchev–Trinajstić information content (AvgIpc) is 3.59. The van der Waals surface area contributed by atoms with Crippen molar-refractivity contribution in [3.8, 4) is 23.0 Å². The summed E-state index contributed by atoms with van der Waals surface area (Å²) in [5, 5.41) is 0. The molecule has 4 aromatic carbocycles. The summed E-state index contributed by atoms with van der Waals surface area (Å²) in [5.41, 5.74) is 4.28. The van der Waals surface area contributed by atoms with E-state index in [4.69, 9.17) is 18.9 Å². The van der Waals surface area contributed by atoms with Gasteiger partial charge in [-0.05, 0) is 24.3 Å². The molecule has 0 fully saturated rings. The van der Waals surface area contributed by atoms with Crippen molar-refractivity contribution in [2.75, 3.05) is 28.4 Å². The topological polar surface area (TPSA) is 36.9 Å². The van der Waals surface area contributed by atoms with Crippen LogP contribution in [-0.2, 0) is 17.1 Å². The van der Waals surface area contributed by atoms with Gasteiger partial charge in [0.05, 0.1) is 28.4 Å². The molecule has 172 valence electrons. The minimum absolute atomic E-state index is 0. The summed E-state index contributed by atoms with van der Waals surface area (Å²) in [6.45, 7) is 0. The Morgan fingerprint density at radius 3 is 1.76 bits per heavy atom. The normalized spacial score (nSPS) is 10.4. The first-order chi connectivity index (χ1) is 15.7. The third-order valence-corrected chi connectivity index (χ3v) is 4.93. The summed E-state index contributed by atoms with van der Waals surface area (Å²) in [6.07, 6.45) is 2.11. The minimum Gasteiger partial charge on any atom is -0.497 e. The van der Waals surface area contributed by atoms with Gasteiger partial charge in [-0.3, -0.25) is 0 Å². The molecule has 4 rings (SSSR count). The van der Waals surface area contributed by atoms with Crippen molar-refractivity contribution in [2.45, 2.75) is 0 Å². The fourth-order valence-corrected chi connectivity index (χ4v) is 3.33. The van der Waals surface area contributed by atoms with E-state index in [1.807, 2.05) is 66.7 Å². The predicted octanol–water partition coefficient (Wildman–Crippen LogP) is 6.43. The van der Waals surface area contributed by atoms with Gasteiger partial charge in [0.15, 0.2) is 11.5 Å². The van der Waals surface area contributed by atoms with E-state index in [1.165, 1.54) is 0 Å². The Morgan fingerprint density at radius 2 is 1.33 bits per heavy atom. The van der Waals surface area contributed by atoms with Gasteiger partial charge in [0, 0.05) is 0 Å². The Kier molecular flexibility index (Phi) is 10.4. The van der Waals surface area contributed by atoms with Crippen molar-refractivity contribution in [3.05, 3.63) is 108 Å². The predicted molar refractivity (Wildman–Crippen MR) is 130 cm³/mol. The molecule has 0 radical (unpaired) electrons. The van der Waals surface area contributed by atoms with Crippen LogP contribution < -0.4 is 18.9 Å². The maximum atomic E-state index is 5.48. The fraction of sp³-hybridized carbons (Fsp3) is 0.143. The Morgan fingerprint density at radius 1 is 0.758 bits per heavy atom. The second kappa shape index (κ2) is 13.2. The molecule has 0 N–H and O–H groups in total. The van der Waals surface area contributed by atoms with Gasteiger partial charge in [-0.25, -0.2) is 12.1 Å². The van der Waals surface area contributed by atoms with Crippen molar-refractivity contribution < 1.29 is 36.0 Å². The van der Waals surface area contributed by atoms with Crippen molar-refractivity contribution in [3.63, 3.8) is 0 Å². The molecule has 0 amide bonds. The average molecular weight is 484 g/mol. The number of hydrogen-bond donors (Lipinski definition) is 0. The smallest absolute Gasteiger partial charge is 0.497 e. The third-order valence-electron chi connectivity index (χ3n) is 4.93. The molecule has 0 bridgehead atoms. The van der Waals surface area contributed by atoms with E-state index < -0.39 is 0 Å². The van der Waals surface area contributed by atoms with E-state index in [1.54, 1.807) is 28.4 Å². The van der Waals surface area contributed by atoms with Gasteiger partial charge < -0.3 is 18.9 Å². The summed E-state index contributed by atoms with van der Waals surface area (Å²) in [5.74, 6) is 2.66. The Labute approximate surface area is 206 Å². The zero-order valence-corrected chi connectivity index (χ0v) is 20.3. The minimum atomic E-state index is 0. The largest absolute Gasteiger partial charge is 2.00 e. The second-order valence-corrected chi connectivity index (χ2v) is 6.88. The second-order valence-electron chi connectivity index (χ2n) is 6.88. The summed E-state index contributed by atoms with van der Waals surface area (Å²) in [4.78, 5) is 0. The van der Waals surface area contributed by atoms with Crippen molar-refractivity contribution in [1.82, 2.24) is 0 Å². The molecule has 4 nitrogen and oxygen atoms in total. The van der Waals surface area contributed by atoms with E-state index in [9.17, 15) is 0 Å². The number of ether oxygens (including phenoxy) is 4. The van der Waals surface area contributed by atoms with Gasteiger partial charge in [-0.15, -0.1) is 23.8 Å². The summed E-state index contributed by atoms with van der Waals surface area (Å²) < 4.78 is 21.6. The molecule has 5 heteroatoms. The monoisotopic (exact) mass is 484 g/mol. The van der Waals surface area contributed by atoms with Crippen LogP contribution in [0.15, 0.2) is 91.0 Å². The molecule has 33 heavy (non-hydrogen) atoms. The van der Waals surface area contributed by atoms with Gasteiger partial charge in [-0.2, -0.15) is 30.3 Å². The van der Waals surface area contributed by atoms with E-state index in [0.29, 0.717) is 17.2 Å². The van der Waals surface area contributed by atoms with Gasteiger partial charge in [0.25, 0.3) is 0 Å². The Balaban J connectivity index is 0.000000568. The van der Waals surface area contributed by atoms with Crippen molar-refractivity contribution in [2.24, 2.45) is 0 Å². The standard InChI is InChI=1S/C23H23O4.C5H5.Fe/c1-24-19-11-9-18(10-12-19)20(17-7-5-6-8-17)13-16-14-21(25-2)23(27-4)22(15-16)26-3;1-2-4-5-3-1;/h5-15H,1-4H3;1-5H;/q2*-1;+2/b20-13+;;. The number of benzene rings is 2. The van der Waals surface area contributed by atoms with E-state index in [-0.39, 0.29) is 17.1 Å². The van der Waals surface area contributed by atoms with Crippen LogP contribution in [0.3, 0.4) is 0 Å². The summed E-state index contributed by atoms with van der Waals surface area (Å²) in [7, 11) is 6.50. The Hall–Kier alpha value is -3.40. The van der Waals surface area contributed by atoms with Gasteiger partial charge in [-0.1, -0.05) is 28.8 Å². The van der Waals surface area contributed by atoms with Gasteiger partial charge >= 0.3 is 17.1 Å². The van der Waals surface area contributed by atoms with Gasteiger partial charge in [0.1, 0.15) is 5.75 Å². The molecule has 0 unspecified atom stereocenters. The zero-order valence-electron chi connectivity index (χ0n) is 19.2. The molecular weight excluding hydrogens is 456 g/mol. The van der Waals surface area contributed by atoms with E-state index >= 15 is 0 Å². The third kappa shape index (κ3) is 6.79. The van der Waals surface area contributed by atoms with Gasteiger partial charge in [0.2, 0.25) is 5.75 Å². The molecular formula is C28H28FeO4. The van der Waals surface area contributed by atoms with Crippen molar-refractivity contribution in [1.29, 1.82) is 0 Å². The van der Waals surface area contributed by atoms with Crippen LogP contribution in [0.25, 0.3) is 11.6 Å². The van der Waals surface area contributed by atoms with Crippen LogP contribution in [0.4, 0.5) is 0 Å². The maximum absolute atomic E-state index is 5.48. The van der Waals surface area contributed by atoms with Crippen LogP contribution >= 0.6 is 0 Å². The van der Waals surface area contributed by atoms with E-state index in [2.05, 4.69) is 30.3 Å². The van der Waals surface area contributed by atoms with E-state index in [0.717, 1.165) is 28.0 Å². The Bertz CT molecular complexity index is 1050. The molecule has 4 aromatic rings. The van der Waals surface area contributed by atoms with Crippen LogP contribution in [-0.4, -0.2) is 28.4 Å². The first-order valence-corrected chi connectivity index (χ1v) is 10.2. The molecule has 0 saturated carbocycles. The molecule has 0 aliphatic heterocycles. The quantitative estimate of drug-likeness (QED) is 0.172. The summed E-state index contributed by atoms with van der Waals surface area (Å²) in [6, 6.07) is 30.1. The zero-order chi connectivity index (χ0) is 22.8. The first kappa shape index (κ1) is 25.9. The SMILES string of the molecule is COc1ccc(/C(=C/c2cc(OC)c(OC)c(OC)c2)[c-]2cccc2)cc1.[Fe+2].c1cc[cH-]c1. The molecule has 0 spiro atoms. The number of rotatable bonds is 7. The molecule has 0 aromatic heterocycles. The van der Waals surface area contributed by atoms with Crippen LogP contribution in [0.2, 0.25) is 0 Å². The molecule has 0 saturated heterocycles. The van der Waals surface area contributed by atoms with Crippen LogP contribution in [0.5, 0.6) is 23.0 Å².